The molecule has 8 heteroatoms. The van der Waals surface area contributed by atoms with Crippen molar-refractivity contribution in [3.8, 4) is 0 Å². The number of carbonyl (C=O) groups is 3. The highest BCUT2D eigenvalue weighted by Crippen LogP contribution is 2.22. The molecule has 2 aromatic heterocycles. The van der Waals surface area contributed by atoms with Crippen molar-refractivity contribution in [1.29, 1.82) is 0 Å². The summed E-state index contributed by atoms with van der Waals surface area (Å²) in [5, 5.41) is 18.4. The van der Waals surface area contributed by atoms with Gasteiger partial charge in [0.25, 0.3) is 11.8 Å². The Bertz CT molecular complexity index is 935. The van der Waals surface area contributed by atoms with E-state index in [0.717, 1.165) is 10.4 Å². The Morgan fingerprint density at radius 1 is 0.929 bits per heavy atom. The van der Waals surface area contributed by atoms with Crippen LogP contribution in [0.1, 0.15) is 42.9 Å². The average Bonchev–Trinajstić information content (AvgIpc) is 3.39. The normalized spacial score (nSPS) is 11.6. The summed E-state index contributed by atoms with van der Waals surface area (Å²) < 4.78 is 0. The van der Waals surface area contributed by atoms with E-state index in [1.807, 2.05) is 22.9 Å². The van der Waals surface area contributed by atoms with E-state index in [4.69, 9.17) is 5.11 Å². The van der Waals surface area contributed by atoms with Crippen LogP contribution >= 0.6 is 22.7 Å². The first kappa shape index (κ1) is 19.8. The molecule has 0 saturated heterocycles. The molecule has 0 radical (unpaired) electrons. The van der Waals surface area contributed by atoms with Crippen molar-refractivity contribution < 1.29 is 19.5 Å². The molecule has 0 saturated carbocycles. The molecule has 3 N–H and O–H groups in total. The molecule has 2 heterocycles. The molecule has 0 spiro atoms. The van der Waals surface area contributed by atoms with E-state index in [1.54, 1.807) is 36.4 Å². The monoisotopic (exact) mass is 414 g/mol. The lowest BCUT2D eigenvalue weighted by Crippen LogP contribution is -2.29. The quantitative estimate of drug-likeness (QED) is 0.524. The Hall–Kier alpha value is -2.97. The molecule has 0 aliphatic carbocycles. The Labute approximate surface area is 169 Å². The highest BCUT2D eigenvalue weighted by molar-refractivity contribution is 7.12. The van der Waals surface area contributed by atoms with Crippen LogP contribution in [0.15, 0.2) is 59.3 Å². The fourth-order valence-corrected chi connectivity index (χ4v) is 4.00. The Morgan fingerprint density at radius 2 is 1.64 bits per heavy atom. The molecule has 28 heavy (non-hydrogen) atoms. The number of amides is 2. The van der Waals surface area contributed by atoms with Gasteiger partial charge in [-0.25, -0.2) is 0 Å². The molecule has 1 aromatic carbocycles. The van der Waals surface area contributed by atoms with Crippen LogP contribution in [0, 0.1) is 0 Å². The minimum atomic E-state index is -0.976. The van der Waals surface area contributed by atoms with Gasteiger partial charge in [0.1, 0.15) is 0 Å². The summed E-state index contributed by atoms with van der Waals surface area (Å²) in [6.07, 6.45) is -0.181. The van der Waals surface area contributed by atoms with Gasteiger partial charge in [-0.15, -0.1) is 22.7 Å². The van der Waals surface area contributed by atoms with Gasteiger partial charge in [-0.05, 0) is 40.6 Å². The van der Waals surface area contributed by atoms with E-state index in [0.29, 0.717) is 17.0 Å². The summed E-state index contributed by atoms with van der Waals surface area (Å²) in [5.74, 6) is -1.45. The third kappa shape index (κ3) is 5.28. The molecule has 1 atom stereocenters. The zero-order chi connectivity index (χ0) is 19.9. The predicted octanol–water partition coefficient (Wildman–Crippen LogP) is 3.69. The first-order valence-corrected chi connectivity index (χ1v) is 10.3. The van der Waals surface area contributed by atoms with Crippen LogP contribution < -0.4 is 10.6 Å². The summed E-state index contributed by atoms with van der Waals surface area (Å²) in [6.45, 7) is 0.357. The minimum absolute atomic E-state index is 0.135. The van der Waals surface area contributed by atoms with Gasteiger partial charge >= 0.3 is 5.97 Å². The summed E-state index contributed by atoms with van der Waals surface area (Å²) >= 11 is 2.78. The van der Waals surface area contributed by atoms with Crippen molar-refractivity contribution in [3.05, 3.63) is 80.2 Å². The van der Waals surface area contributed by atoms with Crippen molar-refractivity contribution in [2.24, 2.45) is 0 Å². The molecule has 2 amide bonds. The number of carboxylic acids is 1. The Balaban J connectivity index is 1.59. The minimum Gasteiger partial charge on any atom is -0.481 e. The lowest BCUT2D eigenvalue weighted by Gasteiger charge is -2.15. The molecule has 1 unspecified atom stereocenters. The molecule has 0 aliphatic heterocycles. The number of hydrogen-bond acceptors (Lipinski definition) is 5. The van der Waals surface area contributed by atoms with Crippen LogP contribution in [0.25, 0.3) is 0 Å². The molecule has 3 rings (SSSR count). The second-order valence-corrected chi connectivity index (χ2v) is 7.92. The van der Waals surface area contributed by atoms with Gasteiger partial charge in [0.15, 0.2) is 0 Å². The van der Waals surface area contributed by atoms with E-state index in [9.17, 15) is 14.4 Å². The number of carbonyl (C=O) groups excluding carboxylic acids is 2. The maximum atomic E-state index is 12.5. The van der Waals surface area contributed by atoms with E-state index in [1.165, 1.54) is 22.7 Å². The van der Waals surface area contributed by atoms with Crippen molar-refractivity contribution in [2.45, 2.75) is 19.0 Å². The van der Waals surface area contributed by atoms with Crippen molar-refractivity contribution in [2.75, 3.05) is 0 Å². The van der Waals surface area contributed by atoms with E-state index < -0.39 is 12.0 Å². The number of nitrogens with one attached hydrogen (secondary N) is 2. The molecule has 6 nitrogen and oxygen atoms in total. The maximum absolute atomic E-state index is 12.5. The summed E-state index contributed by atoms with van der Waals surface area (Å²) in [7, 11) is 0. The molecular weight excluding hydrogens is 396 g/mol. The standard InChI is InChI=1S/C20H18N2O4S2/c23-18(24)11-15(16-3-1-9-27-16)22-19(25)14-7-5-13(6-8-14)12-21-20(26)17-4-2-10-28-17/h1-10,15H,11-12H2,(H,21,26)(H,22,25)(H,23,24). The summed E-state index contributed by atoms with van der Waals surface area (Å²) in [6, 6.07) is 13.5. The van der Waals surface area contributed by atoms with Gasteiger partial charge < -0.3 is 15.7 Å². The highest BCUT2D eigenvalue weighted by Gasteiger charge is 2.19. The van der Waals surface area contributed by atoms with E-state index >= 15 is 0 Å². The van der Waals surface area contributed by atoms with E-state index in [-0.39, 0.29) is 18.2 Å². The number of thiophene rings is 2. The fourth-order valence-electron chi connectivity index (χ4n) is 2.58. The average molecular weight is 415 g/mol. The van der Waals surface area contributed by atoms with Crippen molar-refractivity contribution in [1.82, 2.24) is 10.6 Å². The number of carboxylic acid groups (broad SMARTS) is 1. The van der Waals surface area contributed by atoms with Crippen molar-refractivity contribution >= 4 is 40.5 Å². The predicted molar refractivity (Wildman–Crippen MR) is 109 cm³/mol. The molecule has 3 aromatic rings. The SMILES string of the molecule is O=C(O)CC(NC(=O)c1ccc(CNC(=O)c2cccs2)cc1)c1cccs1. The van der Waals surface area contributed by atoms with Gasteiger partial charge in [0.05, 0.1) is 17.3 Å². The Kier molecular flexibility index (Phi) is 6.57. The Morgan fingerprint density at radius 3 is 2.25 bits per heavy atom. The van der Waals surface area contributed by atoms with Gasteiger partial charge in [0, 0.05) is 17.0 Å². The van der Waals surface area contributed by atoms with Gasteiger partial charge in [0.2, 0.25) is 0 Å². The van der Waals surface area contributed by atoms with Gasteiger partial charge in [-0.2, -0.15) is 0 Å². The molecule has 0 bridgehead atoms. The summed E-state index contributed by atoms with van der Waals surface area (Å²) in [4.78, 5) is 37.0. The lowest BCUT2D eigenvalue weighted by molar-refractivity contribution is -0.137. The molecule has 0 aliphatic rings. The third-order valence-corrected chi connectivity index (χ3v) is 5.84. The van der Waals surface area contributed by atoms with Crippen molar-refractivity contribution in [3.63, 3.8) is 0 Å². The van der Waals surface area contributed by atoms with E-state index in [2.05, 4.69) is 10.6 Å². The topological polar surface area (TPSA) is 95.5 Å². The second kappa shape index (κ2) is 9.29. The second-order valence-electron chi connectivity index (χ2n) is 6.00. The fraction of sp³-hybridized carbons (Fsp3) is 0.150. The molecule has 0 fully saturated rings. The number of hydrogen-bond donors (Lipinski definition) is 3. The maximum Gasteiger partial charge on any atom is 0.305 e. The van der Waals surface area contributed by atoms with Crippen LogP contribution in [0.3, 0.4) is 0 Å². The highest BCUT2D eigenvalue weighted by atomic mass is 32.1. The van der Waals surface area contributed by atoms with Crippen LogP contribution in [-0.4, -0.2) is 22.9 Å². The molecule has 144 valence electrons. The lowest BCUT2D eigenvalue weighted by atomic mass is 10.1. The zero-order valence-electron chi connectivity index (χ0n) is 14.8. The summed E-state index contributed by atoms with van der Waals surface area (Å²) in [5.41, 5.74) is 1.29. The first-order valence-electron chi connectivity index (χ1n) is 8.49. The number of aliphatic carboxylic acids is 1. The van der Waals surface area contributed by atoms with Gasteiger partial charge in [-0.1, -0.05) is 24.3 Å². The van der Waals surface area contributed by atoms with Gasteiger partial charge in [-0.3, -0.25) is 14.4 Å². The number of benzene rings is 1. The largest absolute Gasteiger partial charge is 0.481 e. The van der Waals surface area contributed by atoms with Crippen LogP contribution in [0.4, 0.5) is 0 Å². The molecular formula is C20H18N2O4S2. The van der Waals surface area contributed by atoms with Crippen LogP contribution in [0.2, 0.25) is 0 Å². The zero-order valence-corrected chi connectivity index (χ0v) is 16.4. The third-order valence-electron chi connectivity index (χ3n) is 3.98. The first-order chi connectivity index (χ1) is 13.5. The van der Waals surface area contributed by atoms with Crippen LogP contribution in [-0.2, 0) is 11.3 Å². The number of rotatable bonds is 8. The smallest absolute Gasteiger partial charge is 0.305 e. The van der Waals surface area contributed by atoms with Crippen LogP contribution in [0.5, 0.6) is 0 Å².